The zero-order valence-corrected chi connectivity index (χ0v) is 13.4. The number of nitrogen functional groups attached to an aromatic ring is 1. The Bertz CT molecular complexity index is 511. The fraction of sp³-hybridized carbons (Fsp3) is 0.588. The van der Waals surface area contributed by atoms with E-state index in [1.807, 2.05) is 25.1 Å². The molecule has 1 aliphatic rings. The average Bonchev–Trinajstić information content (AvgIpc) is 2.73. The number of hydrogen-bond acceptors (Lipinski definition) is 3. The summed E-state index contributed by atoms with van der Waals surface area (Å²) in [6.07, 6.45) is 3.97. The van der Waals surface area contributed by atoms with E-state index in [0.717, 1.165) is 30.8 Å². The third kappa shape index (κ3) is 4.21. The monoisotopic (exact) mass is 289 g/mol. The molecule has 1 amide bonds. The molecule has 4 nitrogen and oxygen atoms in total. The molecule has 0 unspecified atom stereocenters. The van der Waals surface area contributed by atoms with Crippen LogP contribution in [0.25, 0.3) is 0 Å². The van der Waals surface area contributed by atoms with E-state index in [-0.39, 0.29) is 5.91 Å². The second-order valence-corrected chi connectivity index (χ2v) is 6.63. The molecule has 0 spiro atoms. The van der Waals surface area contributed by atoms with Crippen LogP contribution in [0.3, 0.4) is 0 Å². The van der Waals surface area contributed by atoms with Crippen LogP contribution in [0, 0.1) is 6.92 Å². The maximum Gasteiger partial charge on any atom is 0.224 e. The molecule has 4 heteroatoms. The number of likely N-dealkylation sites (tertiary alicyclic amines) is 1. The van der Waals surface area contributed by atoms with Crippen molar-refractivity contribution < 1.29 is 4.79 Å². The normalized spacial score (nSPS) is 17.9. The first-order valence-corrected chi connectivity index (χ1v) is 7.79. The summed E-state index contributed by atoms with van der Waals surface area (Å²) in [4.78, 5) is 14.5. The Hall–Kier alpha value is -1.55. The number of aryl methyl sites for hydroxylation is 1. The minimum absolute atomic E-state index is 0.0701. The molecule has 0 atom stereocenters. The average molecular weight is 289 g/mol. The van der Waals surface area contributed by atoms with Gasteiger partial charge in [-0.1, -0.05) is 6.07 Å². The SMILES string of the molecule is Cc1ccc(N)cc1NC(=O)CCCN1CCCC1(C)C. The lowest BCUT2D eigenvalue weighted by Gasteiger charge is -2.31. The predicted octanol–water partition coefficient (Wildman–Crippen LogP) is 3.17. The molecule has 0 bridgehead atoms. The molecule has 0 aromatic heterocycles. The molecule has 0 radical (unpaired) electrons. The minimum atomic E-state index is 0.0701. The summed E-state index contributed by atoms with van der Waals surface area (Å²) >= 11 is 0. The van der Waals surface area contributed by atoms with Crippen LogP contribution in [0.15, 0.2) is 18.2 Å². The Morgan fingerprint density at radius 3 is 2.86 bits per heavy atom. The second kappa shape index (κ2) is 6.48. The molecular formula is C17H27N3O. The van der Waals surface area contributed by atoms with Gasteiger partial charge in [0.05, 0.1) is 0 Å². The summed E-state index contributed by atoms with van der Waals surface area (Å²) in [6, 6.07) is 5.59. The van der Waals surface area contributed by atoms with Crippen LogP contribution >= 0.6 is 0 Å². The first-order valence-electron chi connectivity index (χ1n) is 7.79. The molecular weight excluding hydrogens is 262 g/mol. The standard InChI is InChI=1S/C17H27N3O/c1-13-7-8-14(18)12-15(13)19-16(21)6-4-10-20-11-5-9-17(20,2)3/h7-8,12H,4-6,9-11,18H2,1-3H3,(H,19,21). The summed E-state index contributed by atoms with van der Waals surface area (Å²) in [5.41, 5.74) is 8.59. The Labute approximate surface area is 127 Å². The lowest BCUT2D eigenvalue weighted by Crippen LogP contribution is -2.38. The molecule has 116 valence electrons. The van der Waals surface area contributed by atoms with Crippen molar-refractivity contribution in [2.75, 3.05) is 24.1 Å². The van der Waals surface area contributed by atoms with Gasteiger partial charge in [0.25, 0.3) is 0 Å². The van der Waals surface area contributed by atoms with Crippen molar-refractivity contribution in [3.05, 3.63) is 23.8 Å². The number of nitrogens with zero attached hydrogens (tertiary/aromatic N) is 1. The number of rotatable bonds is 5. The van der Waals surface area contributed by atoms with E-state index in [1.165, 1.54) is 12.8 Å². The molecule has 1 fully saturated rings. The minimum Gasteiger partial charge on any atom is -0.399 e. The van der Waals surface area contributed by atoms with Crippen LogP contribution in [0.5, 0.6) is 0 Å². The fourth-order valence-electron chi connectivity index (χ4n) is 3.00. The summed E-state index contributed by atoms with van der Waals surface area (Å²) in [6.45, 7) is 8.70. The van der Waals surface area contributed by atoms with Crippen molar-refractivity contribution in [3.63, 3.8) is 0 Å². The Morgan fingerprint density at radius 2 is 2.19 bits per heavy atom. The Balaban J connectivity index is 1.79. The Kier molecular flexibility index (Phi) is 4.88. The quantitative estimate of drug-likeness (QED) is 0.819. The van der Waals surface area contributed by atoms with Crippen LogP contribution in [0.4, 0.5) is 11.4 Å². The number of hydrogen-bond donors (Lipinski definition) is 2. The van der Waals surface area contributed by atoms with E-state index in [9.17, 15) is 4.79 Å². The maximum atomic E-state index is 12.0. The highest BCUT2D eigenvalue weighted by Crippen LogP contribution is 2.28. The first-order chi connectivity index (χ1) is 9.88. The van der Waals surface area contributed by atoms with Gasteiger partial charge in [-0.2, -0.15) is 0 Å². The highest BCUT2D eigenvalue weighted by atomic mass is 16.1. The van der Waals surface area contributed by atoms with Gasteiger partial charge in [-0.25, -0.2) is 0 Å². The molecule has 1 aromatic rings. The van der Waals surface area contributed by atoms with Gasteiger partial charge < -0.3 is 11.1 Å². The van der Waals surface area contributed by atoms with E-state index in [2.05, 4.69) is 24.1 Å². The fourth-order valence-corrected chi connectivity index (χ4v) is 3.00. The smallest absolute Gasteiger partial charge is 0.224 e. The van der Waals surface area contributed by atoms with Gasteiger partial charge in [-0.15, -0.1) is 0 Å². The first kappa shape index (κ1) is 15.8. The van der Waals surface area contributed by atoms with E-state index in [0.29, 0.717) is 17.6 Å². The Morgan fingerprint density at radius 1 is 1.43 bits per heavy atom. The van der Waals surface area contributed by atoms with Crippen LogP contribution in [-0.4, -0.2) is 29.4 Å². The predicted molar refractivity (Wildman–Crippen MR) is 88.3 cm³/mol. The number of nitrogens with two attached hydrogens (primary N) is 1. The van der Waals surface area contributed by atoms with E-state index in [1.54, 1.807) is 0 Å². The van der Waals surface area contributed by atoms with Crippen molar-refractivity contribution in [1.29, 1.82) is 0 Å². The van der Waals surface area contributed by atoms with Gasteiger partial charge in [-0.05, 0) is 70.8 Å². The van der Waals surface area contributed by atoms with Crippen LogP contribution < -0.4 is 11.1 Å². The maximum absolute atomic E-state index is 12.0. The molecule has 3 N–H and O–H groups in total. The van der Waals surface area contributed by atoms with Crippen molar-refractivity contribution in [3.8, 4) is 0 Å². The van der Waals surface area contributed by atoms with Gasteiger partial charge in [0.15, 0.2) is 0 Å². The van der Waals surface area contributed by atoms with Gasteiger partial charge >= 0.3 is 0 Å². The third-order valence-electron chi connectivity index (χ3n) is 4.44. The number of anilines is 2. The molecule has 1 aromatic carbocycles. The molecule has 1 aliphatic heterocycles. The summed E-state index contributed by atoms with van der Waals surface area (Å²) in [5.74, 6) is 0.0701. The second-order valence-electron chi connectivity index (χ2n) is 6.63. The van der Waals surface area contributed by atoms with Gasteiger partial charge in [0, 0.05) is 23.3 Å². The van der Waals surface area contributed by atoms with Crippen molar-refractivity contribution in [2.45, 2.75) is 52.0 Å². The van der Waals surface area contributed by atoms with Gasteiger partial charge in [0.2, 0.25) is 5.91 Å². The van der Waals surface area contributed by atoms with Crippen LogP contribution in [-0.2, 0) is 4.79 Å². The van der Waals surface area contributed by atoms with E-state index >= 15 is 0 Å². The molecule has 1 heterocycles. The third-order valence-corrected chi connectivity index (χ3v) is 4.44. The van der Waals surface area contributed by atoms with E-state index < -0.39 is 0 Å². The van der Waals surface area contributed by atoms with Crippen LogP contribution in [0.2, 0.25) is 0 Å². The van der Waals surface area contributed by atoms with E-state index in [4.69, 9.17) is 5.73 Å². The van der Waals surface area contributed by atoms with Gasteiger partial charge in [-0.3, -0.25) is 9.69 Å². The largest absolute Gasteiger partial charge is 0.399 e. The number of benzene rings is 1. The number of carbonyl (C=O) groups excluding carboxylic acids is 1. The molecule has 2 rings (SSSR count). The molecule has 0 aliphatic carbocycles. The number of amides is 1. The molecule has 1 saturated heterocycles. The molecule has 21 heavy (non-hydrogen) atoms. The molecule has 0 saturated carbocycles. The zero-order chi connectivity index (χ0) is 15.5. The summed E-state index contributed by atoms with van der Waals surface area (Å²) in [7, 11) is 0. The van der Waals surface area contributed by atoms with Crippen molar-refractivity contribution in [2.24, 2.45) is 0 Å². The zero-order valence-electron chi connectivity index (χ0n) is 13.4. The van der Waals surface area contributed by atoms with Crippen molar-refractivity contribution >= 4 is 17.3 Å². The number of carbonyl (C=O) groups is 1. The lowest BCUT2D eigenvalue weighted by atomic mass is 10.0. The topological polar surface area (TPSA) is 58.4 Å². The highest BCUT2D eigenvalue weighted by molar-refractivity contribution is 5.92. The van der Waals surface area contributed by atoms with Gasteiger partial charge in [0.1, 0.15) is 0 Å². The number of nitrogens with one attached hydrogen (secondary N) is 1. The van der Waals surface area contributed by atoms with Crippen LogP contribution in [0.1, 0.15) is 45.1 Å². The summed E-state index contributed by atoms with van der Waals surface area (Å²) in [5, 5.41) is 2.96. The van der Waals surface area contributed by atoms with Crippen molar-refractivity contribution in [1.82, 2.24) is 4.90 Å². The summed E-state index contributed by atoms with van der Waals surface area (Å²) < 4.78 is 0. The highest BCUT2D eigenvalue weighted by Gasteiger charge is 2.31. The lowest BCUT2D eigenvalue weighted by molar-refractivity contribution is -0.116.